The largest absolute Gasteiger partial charge is 0.399 e. The van der Waals surface area contributed by atoms with Crippen LogP contribution in [0.15, 0.2) is 54.7 Å². The Morgan fingerprint density at radius 2 is 2.00 bits per heavy atom. The van der Waals surface area contributed by atoms with Crippen molar-refractivity contribution in [1.82, 2.24) is 4.57 Å². The SMILES string of the molecule is Cc1cc(N)ccc1NC(=O)Cn1ccc2ccccc21. The topological polar surface area (TPSA) is 60.0 Å². The van der Waals surface area contributed by atoms with Crippen molar-refractivity contribution in [2.75, 3.05) is 11.1 Å². The monoisotopic (exact) mass is 279 g/mol. The van der Waals surface area contributed by atoms with Crippen LogP contribution in [-0.4, -0.2) is 10.5 Å². The minimum atomic E-state index is -0.0516. The van der Waals surface area contributed by atoms with Crippen LogP contribution in [0, 0.1) is 6.92 Å². The number of aryl methyl sites for hydroxylation is 1. The van der Waals surface area contributed by atoms with E-state index in [4.69, 9.17) is 5.73 Å². The Bertz CT molecular complexity index is 805. The summed E-state index contributed by atoms with van der Waals surface area (Å²) in [4.78, 5) is 12.2. The molecule has 0 saturated carbocycles. The van der Waals surface area contributed by atoms with Crippen LogP contribution in [0.2, 0.25) is 0 Å². The lowest BCUT2D eigenvalue weighted by molar-refractivity contribution is -0.116. The molecule has 0 fully saturated rings. The van der Waals surface area contributed by atoms with Gasteiger partial charge in [0.2, 0.25) is 5.91 Å². The Morgan fingerprint density at radius 3 is 2.81 bits per heavy atom. The lowest BCUT2D eigenvalue weighted by Crippen LogP contribution is -2.18. The van der Waals surface area contributed by atoms with E-state index >= 15 is 0 Å². The fourth-order valence-corrected chi connectivity index (χ4v) is 2.45. The zero-order chi connectivity index (χ0) is 14.8. The number of nitrogens with one attached hydrogen (secondary N) is 1. The van der Waals surface area contributed by atoms with Crippen LogP contribution < -0.4 is 11.1 Å². The second-order valence-corrected chi connectivity index (χ2v) is 5.12. The number of hydrogen-bond acceptors (Lipinski definition) is 2. The highest BCUT2D eigenvalue weighted by Crippen LogP contribution is 2.18. The molecule has 106 valence electrons. The van der Waals surface area contributed by atoms with Gasteiger partial charge in [-0.1, -0.05) is 18.2 Å². The van der Waals surface area contributed by atoms with E-state index in [9.17, 15) is 4.79 Å². The zero-order valence-electron chi connectivity index (χ0n) is 11.8. The number of carbonyl (C=O) groups is 1. The molecule has 0 spiro atoms. The summed E-state index contributed by atoms with van der Waals surface area (Å²) in [7, 11) is 0. The fraction of sp³-hybridized carbons (Fsp3) is 0.118. The first-order valence-corrected chi connectivity index (χ1v) is 6.83. The van der Waals surface area contributed by atoms with E-state index in [1.807, 2.05) is 60.2 Å². The van der Waals surface area contributed by atoms with Gasteiger partial charge in [-0.2, -0.15) is 0 Å². The van der Waals surface area contributed by atoms with Crippen LogP contribution in [0.3, 0.4) is 0 Å². The van der Waals surface area contributed by atoms with Crippen molar-refractivity contribution >= 4 is 28.2 Å². The van der Waals surface area contributed by atoms with Crippen molar-refractivity contribution in [1.29, 1.82) is 0 Å². The van der Waals surface area contributed by atoms with Crippen LogP contribution in [0.1, 0.15) is 5.56 Å². The molecule has 0 saturated heterocycles. The summed E-state index contributed by atoms with van der Waals surface area (Å²) >= 11 is 0. The normalized spacial score (nSPS) is 10.7. The smallest absolute Gasteiger partial charge is 0.244 e. The van der Waals surface area contributed by atoms with Crippen LogP contribution in [0.5, 0.6) is 0 Å². The van der Waals surface area contributed by atoms with Gasteiger partial charge in [-0.15, -0.1) is 0 Å². The molecular weight excluding hydrogens is 262 g/mol. The van der Waals surface area contributed by atoms with E-state index in [1.165, 1.54) is 0 Å². The van der Waals surface area contributed by atoms with Gasteiger partial charge in [-0.05, 0) is 48.2 Å². The summed E-state index contributed by atoms with van der Waals surface area (Å²) in [6, 6.07) is 15.5. The molecule has 0 bridgehead atoms. The van der Waals surface area contributed by atoms with Crippen molar-refractivity contribution < 1.29 is 4.79 Å². The van der Waals surface area contributed by atoms with E-state index in [0.29, 0.717) is 5.69 Å². The molecule has 0 aliphatic heterocycles. The van der Waals surface area contributed by atoms with Gasteiger partial charge in [-0.3, -0.25) is 4.79 Å². The summed E-state index contributed by atoms with van der Waals surface area (Å²) in [5, 5.41) is 4.06. The first-order valence-electron chi connectivity index (χ1n) is 6.83. The van der Waals surface area contributed by atoms with Crippen molar-refractivity contribution in [3.05, 3.63) is 60.3 Å². The van der Waals surface area contributed by atoms with E-state index in [2.05, 4.69) is 5.32 Å². The molecule has 0 radical (unpaired) electrons. The molecule has 3 rings (SSSR count). The molecule has 2 aromatic carbocycles. The van der Waals surface area contributed by atoms with E-state index in [-0.39, 0.29) is 12.5 Å². The molecule has 0 unspecified atom stereocenters. The van der Waals surface area contributed by atoms with Crippen LogP contribution in [0.25, 0.3) is 10.9 Å². The standard InChI is InChI=1S/C17H17N3O/c1-12-10-14(18)6-7-15(12)19-17(21)11-20-9-8-13-4-2-3-5-16(13)20/h2-10H,11,18H2,1H3,(H,19,21). The number of nitrogen functional groups attached to an aromatic ring is 1. The van der Waals surface area contributed by atoms with E-state index < -0.39 is 0 Å². The average Bonchev–Trinajstić information content (AvgIpc) is 2.85. The number of anilines is 2. The highest BCUT2D eigenvalue weighted by molar-refractivity contribution is 5.92. The predicted molar refractivity (Wildman–Crippen MR) is 86.2 cm³/mol. The van der Waals surface area contributed by atoms with Gasteiger partial charge in [0, 0.05) is 23.1 Å². The molecular formula is C17H17N3O. The van der Waals surface area contributed by atoms with Crippen LogP contribution in [0.4, 0.5) is 11.4 Å². The average molecular weight is 279 g/mol. The van der Waals surface area contributed by atoms with Crippen molar-refractivity contribution in [3.8, 4) is 0 Å². The summed E-state index contributed by atoms with van der Waals surface area (Å²) in [6.07, 6.45) is 1.93. The number of benzene rings is 2. The van der Waals surface area contributed by atoms with Crippen LogP contribution >= 0.6 is 0 Å². The third-order valence-electron chi connectivity index (χ3n) is 3.52. The summed E-state index contributed by atoms with van der Waals surface area (Å²) in [5.41, 5.74) is 9.22. The number of nitrogens with zero attached hydrogens (tertiary/aromatic N) is 1. The molecule has 3 N–H and O–H groups in total. The molecule has 0 atom stereocenters. The maximum atomic E-state index is 12.2. The Kier molecular flexibility index (Phi) is 3.36. The summed E-state index contributed by atoms with van der Waals surface area (Å²) < 4.78 is 1.94. The number of fused-ring (bicyclic) bond motifs is 1. The fourth-order valence-electron chi connectivity index (χ4n) is 2.45. The Balaban J connectivity index is 1.77. The van der Waals surface area contributed by atoms with Gasteiger partial charge in [0.1, 0.15) is 6.54 Å². The minimum Gasteiger partial charge on any atom is -0.399 e. The maximum absolute atomic E-state index is 12.2. The first-order chi connectivity index (χ1) is 10.1. The summed E-state index contributed by atoms with van der Waals surface area (Å²) in [5.74, 6) is -0.0516. The first kappa shape index (κ1) is 13.2. The molecule has 0 aliphatic carbocycles. The van der Waals surface area contributed by atoms with Gasteiger partial charge in [0.05, 0.1) is 0 Å². The van der Waals surface area contributed by atoms with Gasteiger partial charge < -0.3 is 15.6 Å². The van der Waals surface area contributed by atoms with Gasteiger partial charge in [-0.25, -0.2) is 0 Å². The minimum absolute atomic E-state index is 0.0516. The number of aromatic nitrogens is 1. The molecule has 1 heterocycles. The van der Waals surface area contributed by atoms with E-state index in [1.54, 1.807) is 6.07 Å². The van der Waals surface area contributed by atoms with Crippen molar-refractivity contribution in [2.24, 2.45) is 0 Å². The molecule has 3 aromatic rings. The van der Waals surface area contributed by atoms with Crippen molar-refractivity contribution in [2.45, 2.75) is 13.5 Å². The van der Waals surface area contributed by atoms with E-state index in [0.717, 1.165) is 22.2 Å². The molecule has 0 aliphatic rings. The third kappa shape index (κ3) is 2.74. The molecule has 1 aromatic heterocycles. The number of rotatable bonds is 3. The van der Waals surface area contributed by atoms with Gasteiger partial charge >= 0.3 is 0 Å². The number of para-hydroxylation sites is 1. The predicted octanol–water partition coefficient (Wildman–Crippen LogP) is 3.17. The number of carbonyl (C=O) groups excluding carboxylic acids is 1. The Hall–Kier alpha value is -2.75. The third-order valence-corrected chi connectivity index (χ3v) is 3.52. The Morgan fingerprint density at radius 1 is 1.19 bits per heavy atom. The molecule has 4 nitrogen and oxygen atoms in total. The lowest BCUT2D eigenvalue weighted by Gasteiger charge is -2.10. The van der Waals surface area contributed by atoms with Gasteiger partial charge in [0.25, 0.3) is 0 Å². The second kappa shape index (κ2) is 5.32. The second-order valence-electron chi connectivity index (χ2n) is 5.12. The Labute approximate surface area is 123 Å². The van der Waals surface area contributed by atoms with Crippen LogP contribution in [-0.2, 0) is 11.3 Å². The molecule has 21 heavy (non-hydrogen) atoms. The number of nitrogens with two attached hydrogens (primary N) is 1. The van der Waals surface area contributed by atoms with Crippen molar-refractivity contribution in [3.63, 3.8) is 0 Å². The maximum Gasteiger partial charge on any atom is 0.244 e. The number of amides is 1. The highest BCUT2D eigenvalue weighted by Gasteiger charge is 2.07. The molecule has 4 heteroatoms. The lowest BCUT2D eigenvalue weighted by atomic mass is 10.2. The zero-order valence-corrected chi connectivity index (χ0v) is 11.8. The van der Waals surface area contributed by atoms with Gasteiger partial charge in [0.15, 0.2) is 0 Å². The summed E-state index contributed by atoms with van der Waals surface area (Å²) in [6.45, 7) is 2.22. The molecule has 1 amide bonds. The quantitative estimate of drug-likeness (QED) is 0.723. The number of hydrogen-bond donors (Lipinski definition) is 2. The highest BCUT2D eigenvalue weighted by atomic mass is 16.1.